The van der Waals surface area contributed by atoms with Gasteiger partial charge in [0.15, 0.2) is 0 Å². The lowest BCUT2D eigenvalue weighted by Gasteiger charge is -2.23. The highest BCUT2D eigenvalue weighted by atomic mass is 35.5. The molecule has 124 valence electrons. The number of rotatable bonds is 4. The molecule has 2 aromatic rings. The number of thiazole rings is 1. The number of nitrogens with one attached hydrogen (secondary N) is 2. The summed E-state index contributed by atoms with van der Waals surface area (Å²) < 4.78 is 5.36. The van der Waals surface area contributed by atoms with Crippen LogP contribution in [0, 0.1) is 6.92 Å². The zero-order valence-corrected chi connectivity index (χ0v) is 14.5. The maximum absolute atomic E-state index is 12.1. The topological polar surface area (TPSA) is 63.2 Å². The van der Waals surface area contributed by atoms with Crippen LogP contribution in [0.3, 0.4) is 0 Å². The van der Waals surface area contributed by atoms with Crippen LogP contribution in [0.2, 0.25) is 0 Å². The van der Waals surface area contributed by atoms with Gasteiger partial charge in [0.05, 0.1) is 23.9 Å². The normalized spacial score (nSPS) is 17.3. The van der Waals surface area contributed by atoms with E-state index in [9.17, 15) is 4.79 Å². The van der Waals surface area contributed by atoms with Gasteiger partial charge >= 0.3 is 0 Å². The molecule has 0 spiro atoms. The lowest BCUT2D eigenvalue weighted by Crippen LogP contribution is -2.43. The highest BCUT2D eigenvalue weighted by Gasteiger charge is 2.17. The molecule has 1 atom stereocenters. The molecule has 1 aromatic heterocycles. The second kappa shape index (κ2) is 8.40. The molecule has 0 saturated carbocycles. The number of halogens is 1. The van der Waals surface area contributed by atoms with E-state index in [1.54, 1.807) is 11.3 Å². The molecule has 2 heterocycles. The van der Waals surface area contributed by atoms with Gasteiger partial charge in [-0.25, -0.2) is 4.98 Å². The van der Waals surface area contributed by atoms with Crippen LogP contribution < -0.4 is 10.6 Å². The summed E-state index contributed by atoms with van der Waals surface area (Å²) >= 11 is 1.62. The van der Waals surface area contributed by atoms with Crippen molar-refractivity contribution in [3.05, 3.63) is 34.7 Å². The predicted molar refractivity (Wildman–Crippen MR) is 95.4 cm³/mol. The number of morpholine rings is 1. The lowest BCUT2D eigenvalue weighted by atomic mass is 10.1. The van der Waals surface area contributed by atoms with Gasteiger partial charge in [-0.15, -0.1) is 23.7 Å². The van der Waals surface area contributed by atoms with Gasteiger partial charge in [0.1, 0.15) is 0 Å². The van der Waals surface area contributed by atoms with Gasteiger partial charge in [-0.1, -0.05) is 12.1 Å². The number of hydrogen-bond donors (Lipinski definition) is 2. The third-order valence-electron chi connectivity index (χ3n) is 3.49. The Bertz CT molecular complexity index is 656. The average molecular weight is 354 g/mol. The number of nitrogens with zero attached hydrogens (tertiary/aromatic N) is 1. The predicted octanol–water partition coefficient (Wildman–Crippen LogP) is 2.86. The summed E-state index contributed by atoms with van der Waals surface area (Å²) in [6.07, 6.45) is 0.417. The Hall–Kier alpha value is -1.47. The minimum absolute atomic E-state index is 0. The Labute approximate surface area is 145 Å². The number of amides is 1. The number of ether oxygens (including phenoxy) is 1. The molecule has 1 fully saturated rings. The first-order chi connectivity index (χ1) is 10.7. The van der Waals surface area contributed by atoms with Gasteiger partial charge in [0.25, 0.3) is 0 Å². The molecule has 1 unspecified atom stereocenters. The Morgan fingerprint density at radius 1 is 1.52 bits per heavy atom. The van der Waals surface area contributed by atoms with E-state index in [4.69, 9.17) is 4.74 Å². The summed E-state index contributed by atoms with van der Waals surface area (Å²) in [4.78, 5) is 16.6. The van der Waals surface area contributed by atoms with Crippen LogP contribution in [0.15, 0.2) is 29.6 Å². The summed E-state index contributed by atoms with van der Waals surface area (Å²) in [6, 6.07) is 7.88. The number of aryl methyl sites for hydroxylation is 1. The third kappa shape index (κ3) is 5.00. The zero-order valence-electron chi connectivity index (χ0n) is 12.9. The Kier molecular flexibility index (Phi) is 6.53. The molecule has 23 heavy (non-hydrogen) atoms. The Balaban J connectivity index is 0.00000192. The molecule has 1 aliphatic heterocycles. The number of benzene rings is 1. The fourth-order valence-corrected chi connectivity index (χ4v) is 3.06. The van der Waals surface area contributed by atoms with Crippen molar-refractivity contribution in [2.75, 3.05) is 25.1 Å². The van der Waals surface area contributed by atoms with Crippen molar-refractivity contribution in [2.45, 2.75) is 19.4 Å². The maximum atomic E-state index is 12.1. The number of anilines is 1. The molecule has 1 aromatic carbocycles. The minimum Gasteiger partial charge on any atom is -0.378 e. The van der Waals surface area contributed by atoms with Gasteiger partial charge in [-0.05, 0) is 19.1 Å². The van der Waals surface area contributed by atoms with Crippen molar-refractivity contribution in [2.24, 2.45) is 0 Å². The molecular weight excluding hydrogens is 334 g/mol. The SMILES string of the molecule is Cc1nc(-c2cccc(NC(=O)CC3COCCN3)c2)cs1.Cl. The minimum atomic E-state index is -0.00499. The molecule has 1 saturated heterocycles. The van der Waals surface area contributed by atoms with E-state index in [1.165, 1.54) is 0 Å². The first-order valence-corrected chi connectivity index (χ1v) is 8.22. The fraction of sp³-hybridized carbons (Fsp3) is 0.375. The quantitative estimate of drug-likeness (QED) is 0.887. The van der Waals surface area contributed by atoms with Gasteiger partial charge in [0, 0.05) is 35.6 Å². The molecule has 1 aliphatic rings. The van der Waals surface area contributed by atoms with Gasteiger partial charge in [-0.2, -0.15) is 0 Å². The van der Waals surface area contributed by atoms with Crippen LogP contribution in [0.1, 0.15) is 11.4 Å². The summed E-state index contributed by atoms with van der Waals surface area (Å²) in [5.74, 6) is -0.00499. The van der Waals surface area contributed by atoms with Crippen molar-refractivity contribution >= 4 is 35.3 Å². The standard InChI is InChI=1S/C16H19N3O2S.ClH/c1-11-18-15(10-22-11)12-3-2-4-13(7-12)19-16(20)8-14-9-21-6-5-17-14;/h2-4,7,10,14,17H,5-6,8-9H2,1H3,(H,19,20);1H. The van der Waals surface area contributed by atoms with Crippen LogP contribution in [0.5, 0.6) is 0 Å². The second-order valence-electron chi connectivity index (χ2n) is 5.31. The monoisotopic (exact) mass is 353 g/mol. The van der Waals surface area contributed by atoms with Gasteiger partial charge in [0.2, 0.25) is 5.91 Å². The van der Waals surface area contributed by atoms with Gasteiger partial charge < -0.3 is 15.4 Å². The Morgan fingerprint density at radius 3 is 3.09 bits per heavy atom. The van der Waals surface area contributed by atoms with Crippen molar-refractivity contribution in [3.8, 4) is 11.3 Å². The largest absolute Gasteiger partial charge is 0.378 e. The lowest BCUT2D eigenvalue weighted by molar-refractivity contribution is -0.117. The molecule has 3 rings (SSSR count). The van der Waals surface area contributed by atoms with Crippen LogP contribution in [-0.2, 0) is 9.53 Å². The molecule has 0 radical (unpaired) electrons. The second-order valence-corrected chi connectivity index (χ2v) is 6.37. The van der Waals surface area contributed by atoms with Crippen molar-refractivity contribution in [1.82, 2.24) is 10.3 Å². The smallest absolute Gasteiger partial charge is 0.226 e. The maximum Gasteiger partial charge on any atom is 0.226 e. The van der Waals surface area contributed by atoms with E-state index >= 15 is 0 Å². The summed E-state index contributed by atoms with van der Waals surface area (Å²) in [5, 5.41) is 9.29. The van der Waals surface area contributed by atoms with E-state index in [2.05, 4.69) is 15.6 Å². The molecule has 0 aliphatic carbocycles. The summed E-state index contributed by atoms with van der Waals surface area (Å²) in [6.45, 7) is 4.09. The van der Waals surface area contributed by atoms with Crippen molar-refractivity contribution in [1.29, 1.82) is 0 Å². The first kappa shape index (κ1) is 17.9. The summed E-state index contributed by atoms with van der Waals surface area (Å²) in [7, 11) is 0. The summed E-state index contributed by atoms with van der Waals surface area (Å²) in [5.41, 5.74) is 2.76. The molecule has 0 bridgehead atoms. The van der Waals surface area contributed by atoms with E-state index in [1.807, 2.05) is 36.6 Å². The van der Waals surface area contributed by atoms with Crippen molar-refractivity contribution in [3.63, 3.8) is 0 Å². The average Bonchev–Trinajstić information content (AvgIpc) is 2.95. The highest BCUT2D eigenvalue weighted by molar-refractivity contribution is 7.09. The fourth-order valence-electron chi connectivity index (χ4n) is 2.44. The van der Waals surface area contributed by atoms with Crippen LogP contribution >= 0.6 is 23.7 Å². The van der Waals surface area contributed by atoms with E-state index in [-0.39, 0.29) is 24.4 Å². The third-order valence-corrected chi connectivity index (χ3v) is 4.26. The van der Waals surface area contributed by atoms with Crippen molar-refractivity contribution < 1.29 is 9.53 Å². The zero-order chi connectivity index (χ0) is 15.4. The highest BCUT2D eigenvalue weighted by Crippen LogP contribution is 2.24. The molecule has 1 amide bonds. The molecule has 5 nitrogen and oxygen atoms in total. The number of hydrogen-bond acceptors (Lipinski definition) is 5. The van der Waals surface area contributed by atoms with E-state index < -0.39 is 0 Å². The van der Waals surface area contributed by atoms with Gasteiger partial charge in [-0.3, -0.25) is 4.79 Å². The van der Waals surface area contributed by atoms with E-state index in [0.29, 0.717) is 19.6 Å². The first-order valence-electron chi connectivity index (χ1n) is 7.34. The Morgan fingerprint density at radius 2 is 2.39 bits per heavy atom. The van der Waals surface area contributed by atoms with Crippen LogP contribution in [0.25, 0.3) is 11.3 Å². The molecular formula is C16H20ClN3O2S. The molecule has 7 heteroatoms. The van der Waals surface area contributed by atoms with Crippen LogP contribution in [0.4, 0.5) is 5.69 Å². The number of carbonyl (C=O) groups is 1. The van der Waals surface area contributed by atoms with E-state index in [0.717, 1.165) is 28.5 Å². The van der Waals surface area contributed by atoms with Crippen LogP contribution in [-0.4, -0.2) is 36.7 Å². The molecule has 2 N–H and O–H groups in total. The number of carbonyl (C=O) groups excluding carboxylic acids is 1. The number of aromatic nitrogens is 1.